The Bertz CT molecular complexity index is 1020. The van der Waals surface area contributed by atoms with E-state index in [-0.39, 0.29) is 17.4 Å². The first-order valence-corrected chi connectivity index (χ1v) is 11.2. The van der Waals surface area contributed by atoms with E-state index in [9.17, 15) is 9.59 Å². The number of Topliss-reactive ketones (excluding diaryl/α,β-unsaturated/α-hetero) is 1. The van der Waals surface area contributed by atoms with Crippen molar-refractivity contribution in [1.82, 2.24) is 20.1 Å². The van der Waals surface area contributed by atoms with Crippen molar-refractivity contribution in [3.8, 4) is 5.69 Å². The van der Waals surface area contributed by atoms with Crippen molar-refractivity contribution in [3.63, 3.8) is 0 Å². The van der Waals surface area contributed by atoms with Gasteiger partial charge in [0.15, 0.2) is 10.9 Å². The topological polar surface area (TPSA) is 76.9 Å². The van der Waals surface area contributed by atoms with Crippen molar-refractivity contribution in [2.45, 2.75) is 18.5 Å². The lowest BCUT2D eigenvalue weighted by Crippen LogP contribution is -2.23. The summed E-state index contributed by atoms with van der Waals surface area (Å²) in [5.41, 5.74) is 1.47. The summed E-state index contributed by atoms with van der Waals surface area (Å²) >= 11 is 9.69. The first kappa shape index (κ1) is 21.8. The van der Waals surface area contributed by atoms with Crippen LogP contribution in [-0.2, 0) is 11.2 Å². The molecule has 0 saturated heterocycles. The Balaban J connectivity index is 1.81. The fraction of sp³-hybridized carbons (Fsp3) is 0.200. The molecule has 3 rings (SSSR count). The van der Waals surface area contributed by atoms with Crippen LogP contribution in [0.25, 0.3) is 5.69 Å². The van der Waals surface area contributed by atoms with E-state index < -0.39 is 0 Å². The highest BCUT2D eigenvalue weighted by molar-refractivity contribution is 14.1. The summed E-state index contributed by atoms with van der Waals surface area (Å²) in [6.45, 7) is 1.92. The lowest BCUT2D eigenvalue weighted by atomic mass is 10.2. The summed E-state index contributed by atoms with van der Waals surface area (Å²) in [5, 5.41) is 12.5. The average Bonchev–Trinajstić information content (AvgIpc) is 3.09. The van der Waals surface area contributed by atoms with E-state index in [1.54, 1.807) is 6.07 Å². The molecule has 0 bridgehead atoms. The van der Waals surface area contributed by atoms with E-state index in [1.807, 2.05) is 47.0 Å². The van der Waals surface area contributed by atoms with Gasteiger partial charge in [-0.05, 0) is 52.9 Å². The fourth-order valence-corrected chi connectivity index (χ4v) is 4.04. The average molecular weight is 541 g/mol. The van der Waals surface area contributed by atoms with Crippen LogP contribution in [0.1, 0.15) is 23.1 Å². The van der Waals surface area contributed by atoms with Crippen molar-refractivity contribution in [2.75, 3.05) is 12.3 Å². The van der Waals surface area contributed by atoms with E-state index in [0.717, 1.165) is 9.26 Å². The van der Waals surface area contributed by atoms with Crippen LogP contribution < -0.4 is 5.32 Å². The molecule has 3 aromatic rings. The van der Waals surface area contributed by atoms with Crippen LogP contribution in [0, 0.1) is 3.57 Å². The second kappa shape index (κ2) is 10.2. The van der Waals surface area contributed by atoms with Crippen molar-refractivity contribution >= 4 is 57.6 Å². The number of halogens is 2. The molecule has 0 aliphatic heterocycles. The van der Waals surface area contributed by atoms with E-state index in [2.05, 4.69) is 38.1 Å². The number of ketones is 1. The van der Waals surface area contributed by atoms with E-state index in [0.29, 0.717) is 34.5 Å². The lowest BCUT2D eigenvalue weighted by molar-refractivity contribution is -0.118. The van der Waals surface area contributed by atoms with Gasteiger partial charge in [0.25, 0.3) is 0 Å². The third-order valence-electron chi connectivity index (χ3n) is 3.99. The Hall–Kier alpha value is -1.91. The van der Waals surface area contributed by atoms with Gasteiger partial charge in [-0.15, -0.1) is 10.2 Å². The largest absolute Gasteiger partial charge is 0.356 e. The maximum Gasteiger partial charge on any atom is 0.216 e. The molecule has 1 N–H and O–H groups in total. The van der Waals surface area contributed by atoms with Crippen LogP contribution in [-0.4, -0.2) is 38.8 Å². The Labute approximate surface area is 191 Å². The number of hydrogen-bond acceptors (Lipinski definition) is 5. The number of carbonyl (C=O) groups is 2. The van der Waals surface area contributed by atoms with Crippen LogP contribution in [0.4, 0.5) is 0 Å². The molecular weight excluding hydrogens is 523 g/mol. The van der Waals surface area contributed by atoms with Crippen LogP contribution >= 0.6 is 46.0 Å². The van der Waals surface area contributed by atoms with Gasteiger partial charge >= 0.3 is 0 Å². The number of benzene rings is 2. The molecule has 1 amide bonds. The van der Waals surface area contributed by atoms with Gasteiger partial charge in [-0.1, -0.05) is 41.6 Å². The third kappa shape index (κ3) is 6.03. The summed E-state index contributed by atoms with van der Waals surface area (Å²) in [7, 11) is 0. The van der Waals surface area contributed by atoms with Gasteiger partial charge < -0.3 is 5.32 Å². The Morgan fingerprint density at radius 1 is 1.17 bits per heavy atom. The number of nitrogens with zero attached hydrogens (tertiary/aromatic N) is 3. The summed E-state index contributed by atoms with van der Waals surface area (Å²) in [5.74, 6) is 0.846. The van der Waals surface area contributed by atoms with E-state index in [1.165, 1.54) is 18.7 Å². The van der Waals surface area contributed by atoms with Gasteiger partial charge in [0.1, 0.15) is 5.82 Å². The minimum atomic E-state index is -0.100. The van der Waals surface area contributed by atoms with Gasteiger partial charge in [-0.3, -0.25) is 14.2 Å². The van der Waals surface area contributed by atoms with Gasteiger partial charge in [0, 0.05) is 34.0 Å². The van der Waals surface area contributed by atoms with Crippen LogP contribution in [0.5, 0.6) is 0 Å². The quantitative estimate of drug-likeness (QED) is 0.264. The van der Waals surface area contributed by atoms with Gasteiger partial charge in [-0.2, -0.15) is 0 Å². The molecule has 0 aliphatic rings. The summed E-state index contributed by atoms with van der Waals surface area (Å²) in [6.07, 6.45) is 0.505. The molecule has 1 heterocycles. The fourth-order valence-electron chi connectivity index (χ4n) is 2.63. The first-order chi connectivity index (χ1) is 13.9. The highest BCUT2D eigenvalue weighted by atomic mass is 127. The number of hydrogen-bond donors (Lipinski definition) is 1. The maximum atomic E-state index is 12.5. The van der Waals surface area contributed by atoms with Gasteiger partial charge in [0.2, 0.25) is 5.91 Å². The van der Waals surface area contributed by atoms with E-state index in [4.69, 9.17) is 11.6 Å². The number of thioether (sulfide) groups is 1. The second-order valence-corrected chi connectivity index (χ2v) is 8.79. The minimum Gasteiger partial charge on any atom is -0.356 e. The number of amides is 1. The summed E-state index contributed by atoms with van der Waals surface area (Å²) in [6, 6.07) is 14.8. The summed E-state index contributed by atoms with van der Waals surface area (Å²) < 4.78 is 2.95. The molecule has 0 radical (unpaired) electrons. The number of nitrogens with one attached hydrogen (secondary N) is 1. The molecule has 150 valence electrons. The maximum absolute atomic E-state index is 12.5. The second-order valence-electron chi connectivity index (χ2n) is 6.17. The molecule has 0 atom stereocenters. The summed E-state index contributed by atoms with van der Waals surface area (Å²) in [4.78, 5) is 23.7. The van der Waals surface area contributed by atoms with Gasteiger partial charge in [-0.25, -0.2) is 0 Å². The molecule has 0 saturated carbocycles. The zero-order valence-electron chi connectivity index (χ0n) is 15.6. The minimum absolute atomic E-state index is 0.0202. The molecular formula is C20H18ClIN4O2S. The zero-order valence-corrected chi connectivity index (χ0v) is 19.3. The van der Waals surface area contributed by atoms with Crippen LogP contribution in [0.3, 0.4) is 0 Å². The van der Waals surface area contributed by atoms with E-state index >= 15 is 0 Å². The molecule has 0 aliphatic carbocycles. The molecule has 29 heavy (non-hydrogen) atoms. The van der Waals surface area contributed by atoms with Crippen molar-refractivity contribution < 1.29 is 9.59 Å². The number of carbonyl (C=O) groups excluding carboxylic acids is 2. The molecule has 2 aromatic carbocycles. The molecule has 9 heteroatoms. The van der Waals surface area contributed by atoms with Crippen LogP contribution in [0.15, 0.2) is 53.7 Å². The monoisotopic (exact) mass is 540 g/mol. The Kier molecular flexibility index (Phi) is 7.68. The highest BCUT2D eigenvalue weighted by Gasteiger charge is 2.17. The molecule has 0 unspecified atom stereocenters. The zero-order chi connectivity index (χ0) is 20.8. The van der Waals surface area contributed by atoms with Gasteiger partial charge in [0.05, 0.1) is 11.4 Å². The highest BCUT2D eigenvalue weighted by Crippen LogP contribution is 2.25. The number of aromatic nitrogens is 3. The Morgan fingerprint density at radius 3 is 2.62 bits per heavy atom. The lowest BCUT2D eigenvalue weighted by Gasteiger charge is -2.11. The predicted octanol–water partition coefficient (Wildman–Crippen LogP) is 4.18. The smallest absolute Gasteiger partial charge is 0.216 e. The normalized spacial score (nSPS) is 10.7. The molecule has 0 fully saturated rings. The van der Waals surface area contributed by atoms with Crippen LogP contribution in [0.2, 0.25) is 5.02 Å². The standard InChI is InChI=1S/C20H18ClIN4O2S/c1-13(27)23-10-9-19-24-25-20(26(19)17-4-2-3-15(21)11-17)29-12-18(28)14-5-7-16(22)8-6-14/h2-8,11H,9-10,12H2,1H3,(H,23,27). The van der Waals surface area contributed by atoms with Crippen molar-refractivity contribution in [3.05, 3.63) is 68.5 Å². The number of rotatable bonds is 8. The predicted molar refractivity (Wildman–Crippen MR) is 123 cm³/mol. The van der Waals surface area contributed by atoms with Crippen molar-refractivity contribution in [1.29, 1.82) is 0 Å². The van der Waals surface area contributed by atoms with Crippen molar-refractivity contribution in [2.24, 2.45) is 0 Å². The SMILES string of the molecule is CC(=O)NCCc1nnc(SCC(=O)c2ccc(I)cc2)n1-c1cccc(Cl)c1. The molecule has 0 spiro atoms. The third-order valence-corrected chi connectivity index (χ3v) is 5.87. The molecule has 1 aromatic heterocycles. The Morgan fingerprint density at radius 2 is 1.93 bits per heavy atom. The first-order valence-electron chi connectivity index (χ1n) is 8.80. The molecule has 6 nitrogen and oxygen atoms in total.